The van der Waals surface area contributed by atoms with E-state index in [-0.39, 0.29) is 23.1 Å². The topological polar surface area (TPSA) is 90.9 Å². The first kappa shape index (κ1) is 21.4. The number of nitrogens with one attached hydrogen (secondary N) is 2. The largest absolute Gasteiger partial charge is 0.357 e. The monoisotopic (exact) mass is 412 g/mol. The predicted octanol–water partition coefficient (Wildman–Crippen LogP) is 1.55. The number of carbonyl (C=O) groups excluding carboxylic acids is 1. The highest BCUT2D eigenvalue weighted by Crippen LogP contribution is 2.46. The molecule has 0 spiro atoms. The molecule has 8 heteroatoms. The zero-order valence-corrected chi connectivity index (χ0v) is 18.2. The Balaban J connectivity index is 1.52. The zero-order valence-electron chi connectivity index (χ0n) is 17.4. The molecule has 160 valence electrons. The van der Waals surface area contributed by atoms with Crippen molar-refractivity contribution in [2.75, 3.05) is 38.2 Å². The third-order valence-electron chi connectivity index (χ3n) is 6.24. The van der Waals surface area contributed by atoms with Gasteiger partial charge in [0, 0.05) is 49.8 Å². The average Bonchev–Trinajstić information content (AvgIpc) is 3.23. The van der Waals surface area contributed by atoms with Crippen LogP contribution in [0.3, 0.4) is 0 Å². The van der Waals surface area contributed by atoms with Crippen molar-refractivity contribution in [1.29, 1.82) is 0 Å². The molecule has 0 aromatic carbocycles. The van der Waals surface area contributed by atoms with Crippen LogP contribution in [-0.4, -0.2) is 69.4 Å². The summed E-state index contributed by atoms with van der Waals surface area (Å²) in [5, 5.41) is 6.73. The summed E-state index contributed by atoms with van der Waals surface area (Å²) in [6.07, 6.45) is 9.79. The van der Waals surface area contributed by atoms with Crippen LogP contribution < -0.4 is 10.6 Å². The van der Waals surface area contributed by atoms with Gasteiger partial charge in [-0.3, -0.25) is 9.79 Å². The Morgan fingerprint density at radius 2 is 1.89 bits per heavy atom. The van der Waals surface area contributed by atoms with Crippen molar-refractivity contribution in [3.8, 4) is 0 Å². The molecule has 1 heterocycles. The highest BCUT2D eigenvalue weighted by atomic mass is 32.2. The summed E-state index contributed by atoms with van der Waals surface area (Å²) in [5.74, 6) is 1.51. The molecule has 0 aromatic heterocycles. The molecule has 2 N–H and O–H groups in total. The van der Waals surface area contributed by atoms with Gasteiger partial charge in [0.25, 0.3) is 0 Å². The number of aliphatic imine (C=N–C) groups is 1. The Morgan fingerprint density at radius 3 is 2.50 bits per heavy atom. The van der Waals surface area contributed by atoms with Gasteiger partial charge in [-0.25, -0.2) is 8.42 Å². The summed E-state index contributed by atoms with van der Waals surface area (Å²) in [7, 11) is -2.98. The molecule has 1 aliphatic heterocycles. The van der Waals surface area contributed by atoms with E-state index in [1.54, 1.807) is 0 Å². The van der Waals surface area contributed by atoms with Gasteiger partial charge in [0.2, 0.25) is 5.91 Å². The number of guanidine groups is 1. The zero-order chi connectivity index (χ0) is 20.2. The number of carbonyl (C=O) groups is 1. The number of nitrogens with zero attached hydrogens (tertiary/aromatic N) is 2. The van der Waals surface area contributed by atoms with Gasteiger partial charge in [-0.2, -0.15) is 0 Å². The number of amides is 1. The van der Waals surface area contributed by atoms with Crippen molar-refractivity contribution >= 4 is 21.7 Å². The van der Waals surface area contributed by atoms with Gasteiger partial charge >= 0.3 is 0 Å². The molecule has 1 unspecified atom stereocenters. The molecular formula is C20H36N4O3S. The molecule has 28 heavy (non-hydrogen) atoms. The van der Waals surface area contributed by atoms with Crippen molar-refractivity contribution in [3.63, 3.8) is 0 Å². The van der Waals surface area contributed by atoms with E-state index in [2.05, 4.69) is 15.6 Å². The van der Waals surface area contributed by atoms with E-state index in [9.17, 15) is 13.2 Å². The molecule has 1 atom stereocenters. The van der Waals surface area contributed by atoms with Crippen molar-refractivity contribution in [1.82, 2.24) is 15.5 Å². The number of hydrogen-bond donors (Lipinski definition) is 2. The maximum Gasteiger partial charge on any atom is 0.225 e. The summed E-state index contributed by atoms with van der Waals surface area (Å²) >= 11 is 0. The maximum atomic E-state index is 12.8. The lowest BCUT2D eigenvalue weighted by Crippen LogP contribution is -2.46. The van der Waals surface area contributed by atoms with Gasteiger partial charge in [-0.05, 0) is 39.0 Å². The highest BCUT2D eigenvalue weighted by Gasteiger charge is 2.45. The standard InChI is InChI=1S/C20H36N4O3S/c1-3-21-19(22-14-20(10-11-20)15-28(2,26)27)23-17-9-12-24(13-17)18(25)16-7-5-4-6-8-16/h16-17H,3-15H2,1-2H3,(H2,21,22,23). The second-order valence-electron chi connectivity index (χ2n) is 9.01. The summed E-state index contributed by atoms with van der Waals surface area (Å²) in [6.45, 7) is 4.85. The molecule has 2 aliphatic carbocycles. The Bertz CT molecular complexity index is 682. The maximum absolute atomic E-state index is 12.8. The van der Waals surface area contributed by atoms with E-state index in [0.717, 1.165) is 57.7 Å². The highest BCUT2D eigenvalue weighted by molar-refractivity contribution is 7.90. The lowest BCUT2D eigenvalue weighted by molar-refractivity contribution is -0.135. The van der Waals surface area contributed by atoms with Crippen LogP contribution in [0.2, 0.25) is 0 Å². The molecule has 0 bridgehead atoms. The predicted molar refractivity (Wildman–Crippen MR) is 112 cm³/mol. The summed E-state index contributed by atoms with van der Waals surface area (Å²) in [4.78, 5) is 19.4. The second-order valence-corrected chi connectivity index (χ2v) is 11.2. The van der Waals surface area contributed by atoms with Gasteiger partial charge in [0.05, 0.1) is 5.75 Å². The van der Waals surface area contributed by atoms with E-state index >= 15 is 0 Å². The quantitative estimate of drug-likeness (QED) is 0.489. The van der Waals surface area contributed by atoms with Crippen molar-refractivity contribution in [2.24, 2.45) is 16.3 Å². The number of likely N-dealkylation sites (tertiary alicyclic amines) is 1. The number of sulfone groups is 1. The van der Waals surface area contributed by atoms with Crippen LogP contribution in [0, 0.1) is 11.3 Å². The van der Waals surface area contributed by atoms with Crippen LogP contribution in [0.15, 0.2) is 4.99 Å². The first-order valence-electron chi connectivity index (χ1n) is 10.8. The van der Waals surface area contributed by atoms with Crippen molar-refractivity contribution in [3.05, 3.63) is 0 Å². The number of hydrogen-bond acceptors (Lipinski definition) is 4. The molecule has 1 saturated heterocycles. The van der Waals surface area contributed by atoms with Crippen LogP contribution in [0.25, 0.3) is 0 Å². The fourth-order valence-corrected chi connectivity index (χ4v) is 6.02. The molecule has 0 radical (unpaired) electrons. The van der Waals surface area contributed by atoms with Crippen LogP contribution in [0.4, 0.5) is 0 Å². The normalized spacial score (nSPS) is 25.6. The average molecular weight is 413 g/mol. The first-order valence-corrected chi connectivity index (χ1v) is 12.9. The van der Waals surface area contributed by atoms with Gasteiger partial charge in [-0.15, -0.1) is 0 Å². The smallest absolute Gasteiger partial charge is 0.225 e. The van der Waals surface area contributed by atoms with Gasteiger partial charge in [0.15, 0.2) is 5.96 Å². The molecule has 2 saturated carbocycles. The van der Waals surface area contributed by atoms with E-state index < -0.39 is 9.84 Å². The van der Waals surface area contributed by atoms with Gasteiger partial charge in [-0.1, -0.05) is 19.3 Å². The van der Waals surface area contributed by atoms with E-state index in [1.165, 1.54) is 25.5 Å². The van der Waals surface area contributed by atoms with Crippen LogP contribution in [-0.2, 0) is 14.6 Å². The summed E-state index contributed by atoms with van der Waals surface area (Å²) in [5.41, 5.74) is -0.172. The molecule has 3 rings (SSSR count). The molecular weight excluding hydrogens is 376 g/mol. The van der Waals surface area contributed by atoms with Crippen molar-refractivity contribution < 1.29 is 13.2 Å². The van der Waals surface area contributed by atoms with E-state index in [4.69, 9.17) is 0 Å². The fourth-order valence-electron chi connectivity index (χ4n) is 4.53. The fraction of sp³-hybridized carbons (Fsp3) is 0.900. The lowest BCUT2D eigenvalue weighted by atomic mass is 9.88. The third kappa shape index (κ3) is 6.09. The van der Waals surface area contributed by atoms with Crippen LogP contribution >= 0.6 is 0 Å². The Morgan fingerprint density at radius 1 is 1.18 bits per heavy atom. The summed E-state index contributed by atoms with van der Waals surface area (Å²) < 4.78 is 23.3. The molecule has 1 amide bonds. The third-order valence-corrected chi connectivity index (χ3v) is 7.37. The number of rotatable bonds is 7. The minimum atomic E-state index is -2.98. The second kappa shape index (κ2) is 9.01. The van der Waals surface area contributed by atoms with Crippen LogP contribution in [0.5, 0.6) is 0 Å². The minimum absolute atomic E-state index is 0.172. The Kier molecular flexibility index (Phi) is 6.89. The molecule has 3 fully saturated rings. The molecule has 3 aliphatic rings. The Hall–Kier alpha value is -1.31. The van der Waals surface area contributed by atoms with Crippen LogP contribution in [0.1, 0.15) is 58.3 Å². The first-order chi connectivity index (χ1) is 13.3. The molecule has 7 nitrogen and oxygen atoms in total. The van der Waals surface area contributed by atoms with Crippen molar-refractivity contribution in [2.45, 2.75) is 64.3 Å². The molecule has 0 aromatic rings. The summed E-state index contributed by atoms with van der Waals surface area (Å²) in [6, 6.07) is 0.204. The van der Waals surface area contributed by atoms with Gasteiger partial charge < -0.3 is 15.5 Å². The van der Waals surface area contributed by atoms with Gasteiger partial charge in [0.1, 0.15) is 9.84 Å². The Labute approximate surface area is 169 Å². The lowest BCUT2D eigenvalue weighted by Gasteiger charge is -2.26. The van der Waals surface area contributed by atoms with E-state index in [1.807, 2.05) is 11.8 Å². The van der Waals surface area contributed by atoms with E-state index in [0.29, 0.717) is 12.5 Å². The minimum Gasteiger partial charge on any atom is -0.357 e. The SMILES string of the molecule is CCNC(=NCC1(CS(C)(=O)=O)CC1)NC1CCN(C(=O)C2CCCCC2)C1.